The third-order valence-corrected chi connectivity index (χ3v) is 3.60. The van der Waals surface area contributed by atoms with Crippen LogP contribution in [0.25, 0.3) is 0 Å². The first-order valence-electron chi connectivity index (χ1n) is 6.01. The molecule has 0 bridgehead atoms. The highest BCUT2D eigenvalue weighted by Gasteiger charge is 2.15. The summed E-state index contributed by atoms with van der Waals surface area (Å²) in [4.78, 5) is 18.1. The SMILES string of the molecule is COc1ccc(C(=O)N(C)Cc2nccs2)cc1OC. The number of thiazole rings is 1. The lowest BCUT2D eigenvalue weighted by Gasteiger charge is -2.16. The van der Waals surface area contributed by atoms with E-state index in [4.69, 9.17) is 9.47 Å². The normalized spacial score (nSPS) is 10.2. The molecule has 0 spiro atoms. The fourth-order valence-corrected chi connectivity index (χ4v) is 2.46. The van der Waals surface area contributed by atoms with E-state index < -0.39 is 0 Å². The minimum Gasteiger partial charge on any atom is -0.493 e. The maximum absolute atomic E-state index is 12.3. The number of carbonyl (C=O) groups is 1. The Labute approximate surface area is 121 Å². The van der Waals surface area contributed by atoms with Crippen molar-refractivity contribution in [2.75, 3.05) is 21.3 Å². The number of benzene rings is 1. The van der Waals surface area contributed by atoms with Crippen LogP contribution in [0.4, 0.5) is 0 Å². The zero-order valence-electron chi connectivity index (χ0n) is 11.6. The minimum atomic E-state index is -0.0823. The van der Waals surface area contributed by atoms with E-state index in [2.05, 4.69) is 4.98 Å². The Bertz CT molecular complexity index is 584. The first kappa shape index (κ1) is 14.3. The minimum absolute atomic E-state index is 0.0823. The van der Waals surface area contributed by atoms with Gasteiger partial charge in [-0.3, -0.25) is 4.79 Å². The topological polar surface area (TPSA) is 51.7 Å². The second-order valence-electron chi connectivity index (χ2n) is 4.16. The van der Waals surface area contributed by atoms with E-state index in [0.29, 0.717) is 23.6 Å². The molecule has 0 aliphatic rings. The molecule has 20 heavy (non-hydrogen) atoms. The van der Waals surface area contributed by atoms with E-state index in [-0.39, 0.29) is 5.91 Å². The molecule has 1 amide bonds. The number of rotatable bonds is 5. The third-order valence-electron chi connectivity index (χ3n) is 2.83. The lowest BCUT2D eigenvalue weighted by Crippen LogP contribution is -2.26. The maximum atomic E-state index is 12.3. The lowest BCUT2D eigenvalue weighted by atomic mass is 10.1. The van der Waals surface area contributed by atoms with Crippen LogP contribution in [0.2, 0.25) is 0 Å². The van der Waals surface area contributed by atoms with Crippen LogP contribution in [0.3, 0.4) is 0 Å². The molecule has 2 rings (SSSR count). The summed E-state index contributed by atoms with van der Waals surface area (Å²) in [5, 5.41) is 2.80. The average molecular weight is 292 g/mol. The molecule has 5 nitrogen and oxygen atoms in total. The number of ether oxygens (including phenoxy) is 2. The van der Waals surface area contributed by atoms with Gasteiger partial charge >= 0.3 is 0 Å². The van der Waals surface area contributed by atoms with Gasteiger partial charge in [-0.05, 0) is 18.2 Å². The molecule has 0 saturated heterocycles. The molecule has 0 fully saturated rings. The molecular weight excluding hydrogens is 276 g/mol. The van der Waals surface area contributed by atoms with Crippen molar-refractivity contribution in [1.82, 2.24) is 9.88 Å². The maximum Gasteiger partial charge on any atom is 0.254 e. The van der Waals surface area contributed by atoms with Crippen LogP contribution < -0.4 is 9.47 Å². The van der Waals surface area contributed by atoms with Gasteiger partial charge in [-0.25, -0.2) is 4.98 Å². The van der Waals surface area contributed by atoms with Crippen molar-refractivity contribution in [2.45, 2.75) is 6.54 Å². The van der Waals surface area contributed by atoms with E-state index in [1.165, 1.54) is 11.3 Å². The molecule has 6 heteroatoms. The fraction of sp³-hybridized carbons (Fsp3) is 0.286. The van der Waals surface area contributed by atoms with Gasteiger partial charge < -0.3 is 14.4 Å². The van der Waals surface area contributed by atoms with Crippen molar-refractivity contribution in [3.8, 4) is 11.5 Å². The number of carbonyl (C=O) groups excluding carboxylic acids is 1. The Hall–Kier alpha value is -2.08. The Morgan fingerprint density at radius 2 is 2.05 bits per heavy atom. The Morgan fingerprint density at radius 3 is 2.65 bits per heavy atom. The molecule has 106 valence electrons. The van der Waals surface area contributed by atoms with Crippen LogP contribution in [0.1, 0.15) is 15.4 Å². The highest BCUT2D eigenvalue weighted by atomic mass is 32.1. The number of amides is 1. The van der Waals surface area contributed by atoms with Gasteiger partial charge in [-0.15, -0.1) is 11.3 Å². The first-order chi connectivity index (χ1) is 9.65. The van der Waals surface area contributed by atoms with Crippen molar-refractivity contribution in [3.05, 3.63) is 40.3 Å². The van der Waals surface area contributed by atoms with Crippen molar-refractivity contribution < 1.29 is 14.3 Å². The number of hydrogen-bond acceptors (Lipinski definition) is 5. The molecule has 1 aromatic heterocycles. The molecule has 0 atom stereocenters. The summed E-state index contributed by atoms with van der Waals surface area (Å²) < 4.78 is 10.4. The lowest BCUT2D eigenvalue weighted by molar-refractivity contribution is 0.0784. The predicted molar refractivity (Wildman–Crippen MR) is 77.5 cm³/mol. The summed E-state index contributed by atoms with van der Waals surface area (Å²) in [6.45, 7) is 0.491. The van der Waals surface area contributed by atoms with Gasteiger partial charge in [0.2, 0.25) is 0 Å². The molecule has 1 aromatic carbocycles. The molecule has 1 heterocycles. The van der Waals surface area contributed by atoms with Crippen LogP contribution in [0, 0.1) is 0 Å². The standard InChI is InChI=1S/C14H16N2O3S/c1-16(9-13-15-6-7-20-13)14(17)10-4-5-11(18-2)12(8-10)19-3/h4-8H,9H2,1-3H3. The van der Waals surface area contributed by atoms with Crippen LogP contribution in [-0.4, -0.2) is 37.1 Å². The Morgan fingerprint density at radius 1 is 1.30 bits per heavy atom. The second-order valence-corrected chi connectivity index (χ2v) is 5.14. The van der Waals surface area contributed by atoms with Gasteiger partial charge in [0, 0.05) is 24.2 Å². The number of hydrogen-bond donors (Lipinski definition) is 0. The van der Waals surface area contributed by atoms with Gasteiger partial charge in [-0.1, -0.05) is 0 Å². The number of aromatic nitrogens is 1. The summed E-state index contributed by atoms with van der Waals surface area (Å²) in [7, 11) is 4.86. The van der Waals surface area contributed by atoms with Crippen LogP contribution in [-0.2, 0) is 6.54 Å². The first-order valence-corrected chi connectivity index (χ1v) is 6.89. The highest BCUT2D eigenvalue weighted by molar-refractivity contribution is 7.09. The van der Waals surface area contributed by atoms with Gasteiger partial charge in [0.1, 0.15) is 5.01 Å². The van der Waals surface area contributed by atoms with E-state index in [1.54, 1.807) is 50.6 Å². The third kappa shape index (κ3) is 3.08. The Balaban J connectivity index is 2.16. The Kier molecular flexibility index (Phi) is 4.57. The van der Waals surface area contributed by atoms with E-state index in [0.717, 1.165) is 5.01 Å². The number of nitrogens with zero attached hydrogens (tertiary/aromatic N) is 2. The molecule has 0 saturated carbocycles. The summed E-state index contributed by atoms with van der Waals surface area (Å²) in [5.74, 6) is 1.06. The quantitative estimate of drug-likeness (QED) is 0.849. The van der Waals surface area contributed by atoms with E-state index in [1.807, 2.05) is 5.38 Å². The molecule has 0 aliphatic carbocycles. The van der Waals surface area contributed by atoms with Crippen molar-refractivity contribution in [2.24, 2.45) is 0 Å². The second kappa shape index (κ2) is 6.38. The van der Waals surface area contributed by atoms with Crippen molar-refractivity contribution in [1.29, 1.82) is 0 Å². The van der Waals surface area contributed by atoms with Gasteiger partial charge in [0.25, 0.3) is 5.91 Å². The predicted octanol–water partition coefficient (Wildman–Crippen LogP) is 2.43. The molecule has 0 unspecified atom stereocenters. The van der Waals surface area contributed by atoms with Gasteiger partial charge in [0.15, 0.2) is 11.5 Å². The van der Waals surface area contributed by atoms with Crippen LogP contribution >= 0.6 is 11.3 Å². The van der Waals surface area contributed by atoms with Crippen molar-refractivity contribution in [3.63, 3.8) is 0 Å². The van der Waals surface area contributed by atoms with Crippen LogP contribution in [0.5, 0.6) is 11.5 Å². The smallest absolute Gasteiger partial charge is 0.254 e. The van der Waals surface area contributed by atoms with Gasteiger partial charge in [-0.2, -0.15) is 0 Å². The zero-order valence-corrected chi connectivity index (χ0v) is 12.4. The largest absolute Gasteiger partial charge is 0.493 e. The van der Waals surface area contributed by atoms with E-state index in [9.17, 15) is 4.79 Å². The van der Waals surface area contributed by atoms with E-state index >= 15 is 0 Å². The average Bonchev–Trinajstić information content (AvgIpc) is 2.98. The highest BCUT2D eigenvalue weighted by Crippen LogP contribution is 2.28. The van der Waals surface area contributed by atoms with Gasteiger partial charge in [0.05, 0.1) is 20.8 Å². The summed E-state index contributed by atoms with van der Waals surface area (Å²) in [6.07, 6.45) is 1.73. The van der Waals surface area contributed by atoms with Crippen molar-refractivity contribution >= 4 is 17.2 Å². The zero-order chi connectivity index (χ0) is 14.5. The summed E-state index contributed by atoms with van der Waals surface area (Å²) in [6, 6.07) is 5.13. The molecule has 0 N–H and O–H groups in total. The monoisotopic (exact) mass is 292 g/mol. The molecule has 0 aliphatic heterocycles. The summed E-state index contributed by atoms with van der Waals surface area (Å²) in [5.41, 5.74) is 0.557. The molecule has 2 aromatic rings. The molecular formula is C14H16N2O3S. The molecule has 0 radical (unpaired) electrons. The van der Waals surface area contributed by atoms with Crippen LogP contribution in [0.15, 0.2) is 29.8 Å². The number of methoxy groups -OCH3 is 2. The fourth-order valence-electron chi connectivity index (χ4n) is 1.80. The summed E-state index contributed by atoms with van der Waals surface area (Å²) >= 11 is 1.53.